The molecule has 80 valence electrons. The van der Waals surface area contributed by atoms with E-state index >= 15 is 0 Å². The molecule has 0 heterocycles. The second-order valence-electron chi connectivity index (χ2n) is 3.40. The molecule has 0 aromatic carbocycles. The molecule has 6 heteroatoms. The van der Waals surface area contributed by atoms with Crippen LogP contribution >= 0.6 is 23.2 Å². The first-order valence-electron chi connectivity index (χ1n) is 4.50. The van der Waals surface area contributed by atoms with Crippen molar-refractivity contribution in [2.24, 2.45) is 0 Å². The van der Waals surface area contributed by atoms with E-state index in [1.165, 1.54) is 0 Å². The predicted molar refractivity (Wildman–Crippen MR) is 54.8 cm³/mol. The van der Waals surface area contributed by atoms with Crippen molar-refractivity contribution in [3.05, 3.63) is 0 Å². The molecule has 2 unspecified atom stereocenters. The molecular weight excluding hydrogens is 227 g/mol. The summed E-state index contributed by atoms with van der Waals surface area (Å²) >= 11 is 10.4. The Morgan fingerprint density at radius 3 is 1.79 bits per heavy atom. The van der Waals surface area contributed by atoms with Crippen LogP contribution in [0.2, 0.25) is 0 Å². The van der Waals surface area contributed by atoms with Crippen molar-refractivity contribution in [2.45, 2.75) is 37.8 Å². The minimum Gasteiger partial charge on any atom is -0.340 e. The van der Waals surface area contributed by atoms with Gasteiger partial charge < -0.3 is 10.6 Å². The Hall–Kier alpha value is -0.480. The van der Waals surface area contributed by atoms with Crippen LogP contribution < -0.4 is 10.6 Å². The summed E-state index contributed by atoms with van der Waals surface area (Å²) in [5, 5.41) is 4.14. The van der Waals surface area contributed by atoms with Crippen LogP contribution in [0.5, 0.6) is 0 Å². The minimum absolute atomic E-state index is 0.0438. The van der Waals surface area contributed by atoms with Crippen molar-refractivity contribution in [3.63, 3.8) is 0 Å². The number of amides is 2. The van der Waals surface area contributed by atoms with Gasteiger partial charge in [-0.3, -0.25) is 9.59 Å². The van der Waals surface area contributed by atoms with Gasteiger partial charge in [0, 0.05) is 12.1 Å². The van der Waals surface area contributed by atoms with Gasteiger partial charge in [-0.25, -0.2) is 0 Å². The molecule has 0 aliphatic heterocycles. The lowest BCUT2D eigenvalue weighted by atomic mass is 9.91. The van der Waals surface area contributed by atoms with Gasteiger partial charge in [0.05, 0.1) is 0 Å². The van der Waals surface area contributed by atoms with Gasteiger partial charge in [0.25, 0.3) is 0 Å². The quantitative estimate of drug-likeness (QED) is 0.573. The highest BCUT2D eigenvalue weighted by atomic mass is 35.5. The first-order chi connectivity index (χ1) is 6.58. The molecule has 0 bridgehead atoms. The van der Waals surface area contributed by atoms with Crippen LogP contribution in [0.15, 0.2) is 0 Å². The van der Waals surface area contributed by atoms with E-state index in [4.69, 9.17) is 23.2 Å². The average Bonchev–Trinajstić information content (AvgIpc) is 2.01. The van der Waals surface area contributed by atoms with Gasteiger partial charge in [0.2, 0.25) is 0 Å². The standard InChI is InChI=1S/C8H12Cl2N2O2/c9-7(13)11-5-2-1-3-6(4-5)12-8(10)14/h5-6H,1-4H2,(H,11,13)(H,12,14). The first-order valence-corrected chi connectivity index (χ1v) is 5.25. The third-order valence-electron chi connectivity index (χ3n) is 2.31. The molecule has 0 radical (unpaired) electrons. The summed E-state index contributed by atoms with van der Waals surface area (Å²) in [7, 11) is 0. The number of hydrogen-bond acceptors (Lipinski definition) is 2. The SMILES string of the molecule is O=C(Cl)NC1CCCC(NC(=O)Cl)C1. The topological polar surface area (TPSA) is 58.2 Å². The highest BCUT2D eigenvalue weighted by Crippen LogP contribution is 2.19. The van der Waals surface area contributed by atoms with Crippen LogP contribution in [-0.4, -0.2) is 22.8 Å². The van der Waals surface area contributed by atoms with Crippen LogP contribution in [-0.2, 0) is 0 Å². The summed E-state index contributed by atoms with van der Waals surface area (Å²) in [5.41, 5.74) is 0. The largest absolute Gasteiger partial charge is 0.340 e. The number of hydrogen-bond donors (Lipinski definition) is 2. The zero-order valence-corrected chi connectivity index (χ0v) is 9.07. The van der Waals surface area contributed by atoms with Crippen LogP contribution in [0.3, 0.4) is 0 Å². The molecular formula is C8H12Cl2N2O2. The Labute approximate surface area is 92.3 Å². The van der Waals surface area contributed by atoms with E-state index in [1.54, 1.807) is 0 Å². The maximum absolute atomic E-state index is 10.6. The summed E-state index contributed by atoms with van der Waals surface area (Å²) in [6.07, 6.45) is 3.43. The van der Waals surface area contributed by atoms with Gasteiger partial charge in [-0.2, -0.15) is 0 Å². The smallest absolute Gasteiger partial charge is 0.314 e. The van der Waals surface area contributed by atoms with Gasteiger partial charge in [-0.15, -0.1) is 0 Å². The van der Waals surface area contributed by atoms with Crippen LogP contribution in [0, 0.1) is 0 Å². The number of carbonyl (C=O) groups is 2. The second-order valence-corrected chi connectivity index (χ2v) is 4.08. The summed E-state index contributed by atoms with van der Waals surface area (Å²) in [4.78, 5) is 21.2. The summed E-state index contributed by atoms with van der Waals surface area (Å²) < 4.78 is 0. The minimum atomic E-state index is -0.548. The summed E-state index contributed by atoms with van der Waals surface area (Å²) in [6, 6.07) is 0.0875. The van der Waals surface area contributed by atoms with E-state index in [0.717, 1.165) is 19.3 Å². The Bertz CT molecular complexity index is 213. The van der Waals surface area contributed by atoms with Crippen molar-refractivity contribution in [3.8, 4) is 0 Å². The van der Waals surface area contributed by atoms with E-state index < -0.39 is 10.7 Å². The van der Waals surface area contributed by atoms with Gasteiger partial charge in [-0.05, 0) is 48.9 Å². The van der Waals surface area contributed by atoms with E-state index in [1.807, 2.05) is 0 Å². The van der Waals surface area contributed by atoms with E-state index in [9.17, 15) is 9.59 Å². The maximum Gasteiger partial charge on any atom is 0.314 e. The lowest BCUT2D eigenvalue weighted by Gasteiger charge is -2.28. The van der Waals surface area contributed by atoms with Crippen LogP contribution in [0.1, 0.15) is 25.7 Å². The maximum atomic E-state index is 10.6. The molecule has 1 aliphatic carbocycles. The monoisotopic (exact) mass is 238 g/mol. The van der Waals surface area contributed by atoms with E-state index in [0.29, 0.717) is 6.42 Å². The normalized spacial score (nSPS) is 26.7. The van der Waals surface area contributed by atoms with Crippen molar-refractivity contribution in [2.75, 3.05) is 0 Å². The molecule has 0 saturated heterocycles. The number of nitrogens with one attached hydrogen (secondary N) is 2. The zero-order chi connectivity index (χ0) is 10.6. The number of carbonyl (C=O) groups excluding carboxylic acids is 2. The third-order valence-corrected chi connectivity index (χ3v) is 2.53. The molecule has 2 N–H and O–H groups in total. The van der Waals surface area contributed by atoms with Crippen molar-refractivity contribution < 1.29 is 9.59 Å². The molecule has 2 atom stereocenters. The summed E-state index contributed by atoms with van der Waals surface area (Å²) in [6.45, 7) is 0. The molecule has 0 spiro atoms. The van der Waals surface area contributed by atoms with Crippen LogP contribution in [0.4, 0.5) is 9.59 Å². The molecule has 1 fully saturated rings. The molecule has 2 amide bonds. The van der Waals surface area contributed by atoms with Gasteiger partial charge in [0.15, 0.2) is 0 Å². The lowest BCUT2D eigenvalue weighted by Crippen LogP contribution is -2.43. The Balaban J connectivity index is 2.35. The average molecular weight is 239 g/mol. The lowest BCUT2D eigenvalue weighted by molar-refractivity contribution is 0.241. The Kier molecular flexibility index (Phi) is 4.48. The van der Waals surface area contributed by atoms with Crippen molar-refractivity contribution in [1.29, 1.82) is 0 Å². The Morgan fingerprint density at radius 2 is 1.43 bits per heavy atom. The molecule has 14 heavy (non-hydrogen) atoms. The second kappa shape index (κ2) is 5.41. The van der Waals surface area contributed by atoms with E-state index in [-0.39, 0.29) is 12.1 Å². The Morgan fingerprint density at radius 1 is 1.00 bits per heavy atom. The van der Waals surface area contributed by atoms with Crippen LogP contribution in [0.25, 0.3) is 0 Å². The predicted octanol–water partition coefficient (Wildman–Crippen LogP) is 2.19. The highest BCUT2D eigenvalue weighted by molar-refractivity contribution is 6.63. The molecule has 1 saturated carbocycles. The van der Waals surface area contributed by atoms with Gasteiger partial charge in [0.1, 0.15) is 0 Å². The third kappa shape index (κ3) is 4.15. The molecule has 0 aromatic heterocycles. The highest BCUT2D eigenvalue weighted by Gasteiger charge is 2.23. The van der Waals surface area contributed by atoms with Crippen molar-refractivity contribution >= 4 is 33.9 Å². The van der Waals surface area contributed by atoms with Gasteiger partial charge in [-0.1, -0.05) is 0 Å². The number of halogens is 2. The molecule has 1 aliphatic rings. The van der Waals surface area contributed by atoms with Crippen molar-refractivity contribution in [1.82, 2.24) is 10.6 Å². The fourth-order valence-electron chi connectivity index (χ4n) is 1.77. The van der Waals surface area contributed by atoms with Gasteiger partial charge >= 0.3 is 10.7 Å². The fourth-order valence-corrected chi connectivity index (χ4v) is 2.08. The van der Waals surface area contributed by atoms with E-state index in [2.05, 4.69) is 10.6 Å². The molecule has 0 aromatic rings. The zero-order valence-electron chi connectivity index (χ0n) is 7.56. The first kappa shape index (κ1) is 11.6. The number of rotatable bonds is 2. The summed E-state index contributed by atoms with van der Waals surface area (Å²) in [5.74, 6) is 0. The fraction of sp³-hybridized carbons (Fsp3) is 0.750. The molecule has 1 rings (SSSR count). The molecule has 4 nitrogen and oxygen atoms in total.